The van der Waals surface area contributed by atoms with E-state index in [4.69, 9.17) is 0 Å². The molecule has 0 spiro atoms. The largest absolute Gasteiger partial charge is 0.668 e. The zero-order valence-electron chi connectivity index (χ0n) is 8.24. The number of hydrogen-bond donors (Lipinski definition) is 0. The van der Waals surface area contributed by atoms with Crippen LogP contribution >= 0.6 is 0 Å². The number of Topliss-reactive ketones (excluding diaryl/α,β-unsaturated/α-hetero) is 1. The van der Waals surface area contributed by atoms with Crippen molar-refractivity contribution in [1.29, 1.82) is 0 Å². The van der Waals surface area contributed by atoms with Gasteiger partial charge in [0.25, 0.3) is 0 Å². The van der Waals surface area contributed by atoms with Crippen LogP contribution < -0.4 is 0 Å². The van der Waals surface area contributed by atoms with Crippen molar-refractivity contribution < 1.29 is 37.5 Å². The Bertz CT molecular complexity index is 224. The van der Waals surface area contributed by atoms with Gasteiger partial charge in [-0.15, -0.1) is 0 Å². The van der Waals surface area contributed by atoms with E-state index < -0.39 is 0 Å². The van der Waals surface area contributed by atoms with E-state index >= 15 is 0 Å². The average molecular weight is 252 g/mol. The normalized spacial score (nSPS) is 7.62. The number of carbonyl (C=O) groups excluding carboxylic acids is 1. The Morgan fingerprint density at radius 3 is 1.92 bits per heavy atom. The maximum atomic E-state index is 10.6. The molecule has 0 N–H and O–H groups in total. The summed E-state index contributed by atoms with van der Waals surface area (Å²) >= 11 is 0. The fourth-order valence-electron chi connectivity index (χ4n) is 0.622. The van der Waals surface area contributed by atoms with E-state index in [1.807, 2.05) is 0 Å². The van der Waals surface area contributed by atoms with E-state index in [2.05, 4.69) is 11.4 Å². The first kappa shape index (κ1) is 15.4. The van der Waals surface area contributed by atoms with Crippen LogP contribution in [0.25, 0.3) is 5.32 Å². The number of carbonyl (C=O) groups is 1. The molecule has 0 bridgehead atoms. The summed E-state index contributed by atoms with van der Waals surface area (Å²) in [6, 6.07) is 9.81. The molecule has 69 valence electrons. The summed E-state index contributed by atoms with van der Waals surface area (Å²) < 4.78 is 0. The first-order valence-corrected chi connectivity index (χ1v) is 3.67. The van der Waals surface area contributed by atoms with E-state index in [1.54, 1.807) is 45.3 Å². The fourth-order valence-corrected chi connectivity index (χ4v) is 0.622. The van der Waals surface area contributed by atoms with Crippen molar-refractivity contribution in [3.05, 3.63) is 41.2 Å². The first-order valence-electron chi connectivity index (χ1n) is 3.67. The Balaban J connectivity index is 0. The predicted molar refractivity (Wildman–Crippen MR) is 50.5 cm³/mol. The SMILES string of the molecule is CC(=O)c1cc[c-]cc1.C[N-]C.[Y]. The quantitative estimate of drug-likeness (QED) is 0.557. The van der Waals surface area contributed by atoms with Crippen molar-refractivity contribution in [2.75, 3.05) is 14.1 Å². The van der Waals surface area contributed by atoms with Crippen LogP contribution in [0.1, 0.15) is 17.3 Å². The van der Waals surface area contributed by atoms with Crippen LogP contribution in [0.2, 0.25) is 0 Å². The zero-order chi connectivity index (χ0) is 9.40. The fraction of sp³-hybridized carbons (Fsp3) is 0.300. The van der Waals surface area contributed by atoms with E-state index in [0.717, 1.165) is 5.56 Å². The van der Waals surface area contributed by atoms with Gasteiger partial charge in [0.15, 0.2) is 0 Å². The minimum absolute atomic E-state index is 0. The molecule has 0 amide bonds. The van der Waals surface area contributed by atoms with Crippen LogP contribution in [0, 0.1) is 6.07 Å². The Morgan fingerprint density at radius 1 is 1.31 bits per heavy atom. The van der Waals surface area contributed by atoms with E-state index in [1.165, 1.54) is 0 Å². The maximum absolute atomic E-state index is 10.6. The Labute approximate surface area is 105 Å². The van der Waals surface area contributed by atoms with Crippen LogP contribution in [0.3, 0.4) is 0 Å². The molecule has 0 aromatic heterocycles. The zero-order valence-corrected chi connectivity index (χ0v) is 11.1. The molecule has 0 aliphatic rings. The minimum Gasteiger partial charge on any atom is -0.668 e. The van der Waals surface area contributed by atoms with Gasteiger partial charge in [0.05, 0.1) is 0 Å². The van der Waals surface area contributed by atoms with Crippen LogP contribution in [-0.2, 0) is 32.7 Å². The van der Waals surface area contributed by atoms with Gasteiger partial charge in [0.1, 0.15) is 5.78 Å². The number of hydrogen-bond acceptors (Lipinski definition) is 1. The molecule has 1 aromatic rings. The molecule has 0 aliphatic heterocycles. The molecule has 1 rings (SSSR count). The van der Waals surface area contributed by atoms with Crippen molar-refractivity contribution in [1.82, 2.24) is 0 Å². The number of rotatable bonds is 1. The molecule has 0 saturated carbocycles. The summed E-state index contributed by atoms with van der Waals surface area (Å²) in [5.74, 6) is 0.101. The number of benzene rings is 1. The minimum atomic E-state index is 0. The van der Waals surface area contributed by atoms with Crippen LogP contribution in [0.5, 0.6) is 0 Å². The maximum Gasteiger partial charge on any atom is 0.135 e. The van der Waals surface area contributed by atoms with Gasteiger partial charge in [-0.1, -0.05) is 5.56 Å². The molecule has 13 heavy (non-hydrogen) atoms. The first-order chi connectivity index (χ1) is 5.72. The molecule has 2 nitrogen and oxygen atoms in total. The molecule has 1 radical (unpaired) electrons. The second-order valence-corrected chi connectivity index (χ2v) is 2.29. The topological polar surface area (TPSA) is 31.2 Å². The summed E-state index contributed by atoms with van der Waals surface area (Å²) in [5, 5.41) is 3.50. The van der Waals surface area contributed by atoms with Gasteiger partial charge in [-0.05, 0) is 6.92 Å². The van der Waals surface area contributed by atoms with Crippen LogP contribution in [0.4, 0.5) is 0 Å². The summed E-state index contributed by atoms with van der Waals surface area (Å²) in [7, 11) is 3.50. The average Bonchev–Trinajstić information content (AvgIpc) is 2.07. The molecule has 0 fully saturated rings. The van der Waals surface area contributed by atoms with Gasteiger partial charge in [-0.2, -0.15) is 44.4 Å². The summed E-state index contributed by atoms with van der Waals surface area (Å²) in [6.07, 6.45) is 0. The molecule has 3 heteroatoms. The molecule has 0 aliphatic carbocycles. The monoisotopic (exact) mass is 252 g/mol. The molecular formula is C10H13NOY-2. The van der Waals surface area contributed by atoms with Crippen LogP contribution in [-0.4, -0.2) is 19.9 Å². The Morgan fingerprint density at radius 2 is 1.69 bits per heavy atom. The third-order valence-electron chi connectivity index (χ3n) is 1.12. The van der Waals surface area contributed by atoms with E-state index in [0.29, 0.717) is 0 Å². The second-order valence-electron chi connectivity index (χ2n) is 2.29. The predicted octanol–water partition coefficient (Wildman–Crippen LogP) is 2.31. The Kier molecular flexibility index (Phi) is 11.9. The summed E-state index contributed by atoms with van der Waals surface area (Å²) in [4.78, 5) is 10.6. The summed E-state index contributed by atoms with van der Waals surface area (Å²) in [5.41, 5.74) is 0.744. The molecular weight excluding hydrogens is 239 g/mol. The molecule has 1 aromatic carbocycles. The van der Waals surface area contributed by atoms with Gasteiger partial charge in [0, 0.05) is 32.7 Å². The van der Waals surface area contributed by atoms with Gasteiger partial charge in [-0.25, -0.2) is 0 Å². The molecule has 0 atom stereocenters. The number of ketones is 1. The van der Waals surface area contributed by atoms with Gasteiger partial charge in [-0.3, -0.25) is 4.79 Å². The van der Waals surface area contributed by atoms with Gasteiger partial charge >= 0.3 is 0 Å². The van der Waals surface area contributed by atoms with Crippen molar-refractivity contribution in [2.45, 2.75) is 6.92 Å². The van der Waals surface area contributed by atoms with Crippen molar-refractivity contribution >= 4 is 5.78 Å². The second kappa shape index (κ2) is 10.0. The van der Waals surface area contributed by atoms with Crippen molar-refractivity contribution in [3.63, 3.8) is 0 Å². The standard InChI is InChI=1S/C8H7O.C2H6N.Y/c1-7(9)8-5-3-2-4-6-8;1-3-2;/h3-6H,1H3;1-2H3;/q2*-1;. The van der Waals surface area contributed by atoms with Gasteiger partial charge in [0.2, 0.25) is 0 Å². The van der Waals surface area contributed by atoms with Crippen molar-refractivity contribution in [2.24, 2.45) is 0 Å². The molecule has 0 unspecified atom stereocenters. The third kappa shape index (κ3) is 8.29. The van der Waals surface area contributed by atoms with E-state index in [-0.39, 0.29) is 38.5 Å². The van der Waals surface area contributed by atoms with Crippen LogP contribution in [0.15, 0.2) is 24.3 Å². The molecule has 0 heterocycles. The Hall–Kier alpha value is -0.0461. The van der Waals surface area contributed by atoms with E-state index in [9.17, 15) is 4.79 Å². The smallest absolute Gasteiger partial charge is 0.135 e. The van der Waals surface area contributed by atoms with Crippen molar-refractivity contribution in [3.8, 4) is 0 Å². The summed E-state index contributed by atoms with van der Waals surface area (Å²) in [6.45, 7) is 1.55. The third-order valence-corrected chi connectivity index (χ3v) is 1.12. The molecule has 0 saturated heterocycles. The number of nitrogens with zero attached hydrogens (tertiary/aromatic N) is 1. The van der Waals surface area contributed by atoms with Gasteiger partial charge < -0.3 is 5.32 Å².